The van der Waals surface area contributed by atoms with Crippen LogP contribution in [-0.2, 0) is 4.79 Å². The zero-order valence-corrected chi connectivity index (χ0v) is 10.8. The number of anilines is 1. The quantitative estimate of drug-likeness (QED) is 0.651. The smallest absolute Gasteiger partial charge is 0.239 e. The Morgan fingerprint density at radius 3 is 2.62 bits per heavy atom. The van der Waals surface area contributed by atoms with E-state index in [0.29, 0.717) is 15.8 Å². The molecule has 2 N–H and O–H groups in total. The first-order chi connectivity index (χ1) is 7.54. The molecule has 0 bridgehead atoms. The van der Waals surface area contributed by atoms with Gasteiger partial charge in [0.15, 0.2) is 11.6 Å². The minimum Gasteiger partial charge on any atom is -0.375 e. The van der Waals surface area contributed by atoms with E-state index in [0.717, 1.165) is 12.1 Å². The zero-order valence-electron chi connectivity index (χ0n) is 8.61. The third kappa shape index (κ3) is 3.58. The number of halogens is 3. The lowest BCUT2D eigenvalue weighted by Crippen LogP contribution is -2.29. The second-order valence-corrected chi connectivity index (χ2v) is 4.22. The molecule has 0 saturated carbocycles. The molecule has 0 aliphatic carbocycles. The molecule has 0 saturated heterocycles. The lowest BCUT2D eigenvalue weighted by atomic mass is 10.3. The molecular formula is C10H11F2IN2O. The zero-order chi connectivity index (χ0) is 12.1. The first-order valence-electron chi connectivity index (χ1n) is 4.69. The van der Waals surface area contributed by atoms with Gasteiger partial charge in [-0.15, -0.1) is 0 Å². The molecule has 0 aliphatic rings. The summed E-state index contributed by atoms with van der Waals surface area (Å²) in [5.41, 5.74) is 0.408. The van der Waals surface area contributed by atoms with Gasteiger partial charge in [0.25, 0.3) is 0 Å². The van der Waals surface area contributed by atoms with E-state index in [1.807, 2.05) is 22.6 Å². The first-order valence-corrected chi connectivity index (χ1v) is 5.77. The summed E-state index contributed by atoms with van der Waals surface area (Å²) in [4.78, 5) is 11.1. The second-order valence-electron chi connectivity index (χ2n) is 3.05. The van der Waals surface area contributed by atoms with Crippen molar-refractivity contribution in [2.75, 3.05) is 18.4 Å². The van der Waals surface area contributed by atoms with Crippen LogP contribution in [0, 0.1) is 15.2 Å². The molecule has 0 aromatic heterocycles. The van der Waals surface area contributed by atoms with Crippen molar-refractivity contribution < 1.29 is 13.6 Å². The number of benzene rings is 1. The van der Waals surface area contributed by atoms with Crippen LogP contribution in [0.25, 0.3) is 0 Å². The average Bonchev–Trinajstić information content (AvgIpc) is 2.22. The summed E-state index contributed by atoms with van der Waals surface area (Å²) < 4.78 is 26.2. The van der Waals surface area contributed by atoms with Crippen LogP contribution in [0.3, 0.4) is 0 Å². The van der Waals surface area contributed by atoms with Crippen molar-refractivity contribution in [2.45, 2.75) is 6.92 Å². The number of hydrogen-bond acceptors (Lipinski definition) is 2. The molecule has 1 rings (SSSR count). The Bertz CT molecular complexity index is 399. The highest BCUT2D eigenvalue weighted by atomic mass is 127. The van der Waals surface area contributed by atoms with E-state index in [9.17, 15) is 13.6 Å². The van der Waals surface area contributed by atoms with Gasteiger partial charge in [0.1, 0.15) is 0 Å². The van der Waals surface area contributed by atoms with E-state index in [1.165, 1.54) is 0 Å². The predicted molar refractivity (Wildman–Crippen MR) is 66.2 cm³/mol. The fraction of sp³-hybridized carbons (Fsp3) is 0.300. The molecule has 1 amide bonds. The third-order valence-electron chi connectivity index (χ3n) is 1.82. The molecule has 0 unspecified atom stereocenters. The summed E-state index contributed by atoms with van der Waals surface area (Å²) in [6.07, 6.45) is 0. The Balaban J connectivity index is 2.67. The van der Waals surface area contributed by atoms with E-state index in [2.05, 4.69) is 10.6 Å². The van der Waals surface area contributed by atoms with Crippen molar-refractivity contribution in [2.24, 2.45) is 0 Å². The molecule has 0 aliphatic heterocycles. The number of rotatable bonds is 4. The Hall–Kier alpha value is -0.920. The summed E-state index contributed by atoms with van der Waals surface area (Å²) >= 11 is 1.87. The monoisotopic (exact) mass is 340 g/mol. The van der Waals surface area contributed by atoms with Crippen LogP contribution in [0.4, 0.5) is 14.5 Å². The standard InChI is InChI=1S/C10H11F2IN2O/c1-2-14-10(16)5-15-9-4-7(12)6(11)3-8(9)13/h3-4,15H,2,5H2,1H3,(H,14,16). The van der Waals surface area contributed by atoms with Crippen molar-refractivity contribution >= 4 is 34.2 Å². The van der Waals surface area contributed by atoms with E-state index in [4.69, 9.17) is 0 Å². The van der Waals surface area contributed by atoms with Crippen LogP contribution in [0.1, 0.15) is 6.92 Å². The third-order valence-corrected chi connectivity index (χ3v) is 2.72. The second kappa shape index (κ2) is 5.97. The van der Waals surface area contributed by atoms with E-state index >= 15 is 0 Å². The molecule has 0 fully saturated rings. The van der Waals surface area contributed by atoms with Gasteiger partial charge in [-0.05, 0) is 35.6 Å². The van der Waals surface area contributed by atoms with Crippen molar-refractivity contribution in [3.8, 4) is 0 Å². The van der Waals surface area contributed by atoms with Gasteiger partial charge in [-0.25, -0.2) is 8.78 Å². The summed E-state index contributed by atoms with van der Waals surface area (Å²) in [6.45, 7) is 2.38. The molecule has 88 valence electrons. The lowest BCUT2D eigenvalue weighted by Gasteiger charge is -2.08. The summed E-state index contributed by atoms with van der Waals surface area (Å²) in [7, 11) is 0. The van der Waals surface area contributed by atoms with E-state index in [1.54, 1.807) is 6.92 Å². The molecule has 16 heavy (non-hydrogen) atoms. The maximum atomic E-state index is 12.9. The SMILES string of the molecule is CCNC(=O)CNc1cc(F)c(F)cc1I. The van der Waals surface area contributed by atoms with Crippen LogP contribution in [0.15, 0.2) is 12.1 Å². The minimum absolute atomic E-state index is 0.0366. The number of carbonyl (C=O) groups excluding carboxylic acids is 1. The Morgan fingerprint density at radius 2 is 2.00 bits per heavy atom. The molecule has 1 aromatic carbocycles. The van der Waals surface area contributed by atoms with Gasteiger partial charge in [-0.3, -0.25) is 4.79 Å². The van der Waals surface area contributed by atoms with Gasteiger partial charge in [-0.1, -0.05) is 0 Å². The van der Waals surface area contributed by atoms with Crippen molar-refractivity contribution in [1.29, 1.82) is 0 Å². The van der Waals surface area contributed by atoms with E-state index in [-0.39, 0.29) is 12.5 Å². The number of likely N-dealkylation sites (N-methyl/N-ethyl adjacent to an activating group) is 1. The Labute approximate surface area is 106 Å². The normalized spacial score (nSPS) is 10.0. The molecule has 0 radical (unpaired) electrons. The van der Waals surface area contributed by atoms with Crippen LogP contribution in [0.2, 0.25) is 0 Å². The van der Waals surface area contributed by atoms with Crippen molar-refractivity contribution in [3.63, 3.8) is 0 Å². The van der Waals surface area contributed by atoms with Gasteiger partial charge in [0.05, 0.1) is 12.2 Å². The number of carbonyl (C=O) groups is 1. The summed E-state index contributed by atoms with van der Waals surface area (Å²) in [5.74, 6) is -2.02. The highest BCUT2D eigenvalue weighted by Gasteiger charge is 2.08. The average molecular weight is 340 g/mol. The van der Waals surface area contributed by atoms with Crippen molar-refractivity contribution in [1.82, 2.24) is 5.32 Å². The summed E-state index contributed by atoms with van der Waals surface area (Å²) in [5, 5.41) is 5.33. The van der Waals surface area contributed by atoms with Crippen LogP contribution in [-0.4, -0.2) is 19.0 Å². The van der Waals surface area contributed by atoms with Gasteiger partial charge >= 0.3 is 0 Å². The van der Waals surface area contributed by atoms with E-state index < -0.39 is 11.6 Å². The number of amides is 1. The largest absolute Gasteiger partial charge is 0.375 e. The number of hydrogen-bond donors (Lipinski definition) is 2. The molecule has 1 aromatic rings. The predicted octanol–water partition coefficient (Wildman–Crippen LogP) is 2.12. The maximum absolute atomic E-state index is 12.9. The molecular weight excluding hydrogens is 329 g/mol. The molecule has 0 heterocycles. The van der Waals surface area contributed by atoms with Gasteiger partial charge < -0.3 is 10.6 Å². The maximum Gasteiger partial charge on any atom is 0.239 e. The van der Waals surface area contributed by atoms with Crippen LogP contribution in [0.5, 0.6) is 0 Å². The van der Waals surface area contributed by atoms with Crippen LogP contribution < -0.4 is 10.6 Å². The topological polar surface area (TPSA) is 41.1 Å². The fourth-order valence-corrected chi connectivity index (χ4v) is 1.71. The highest BCUT2D eigenvalue weighted by Crippen LogP contribution is 2.21. The van der Waals surface area contributed by atoms with Crippen LogP contribution >= 0.6 is 22.6 Å². The Morgan fingerprint density at radius 1 is 1.38 bits per heavy atom. The van der Waals surface area contributed by atoms with Crippen molar-refractivity contribution in [3.05, 3.63) is 27.3 Å². The minimum atomic E-state index is -0.932. The van der Waals surface area contributed by atoms with Gasteiger partial charge in [0, 0.05) is 16.2 Å². The highest BCUT2D eigenvalue weighted by molar-refractivity contribution is 14.1. The lowest BCUT2D eigenvalue weighted by molar-refractivity contribution is -0.119. The first kappa shape index (κ1) is 13.1. The molecule has 0 atom stereocenters. The number of nitrogens with one attached hydrogen (secondary N) is 2. The molecule has 6 heteroatoms. The van der Waals surface area contributed by atoms with Gasteiger partial charge in [0.2, 0.25) is 5.91 Å². The Kier molecular flexibility index (Phi) is 4.91. The van der Waals surface area contributed by atoms with Gasteiger partial charge in [-0.2, -0.15) is 0 Å². The molecule has 0 spiro atoms. The summed E-state index contributed by atoms with van der Waals surface area (Å²) in [6, 6.07) is 2.12. The fourth-order valence-electron chi connectivity index (χ4n) is 1.09. The molecule has 3 nitrogen and oxygen atoms in total.